The van der Waals surface area contributed by atoms with E-state index < -0.39 is 0 Å². The minimum absolute atomic E-state index is 0.00428. The maximum Gasteiger partial charge on any atom is 0.290 e. The Balaban J connectivity index is 1.61. The molecule has 3 rings (SSSR count). The summed E-state index contributed by atoms with van der Waals surface area (Å²) in [7, 11) is 0. The number of anilines is 1. The van der Waals surface area contributed by atoms with Gasteiger partial charge in [0.2, 0.25) is 5.91 Å². The first kappa shape index (κ1) is 16.2. The molecule has 24 heavy (non-hydrogen) atoms. The first-order chi connectivity index (χ1) is 11.5. The number of rotatable bonds is 4. The van der Waals surface area contributed by atoms with Gasteiger partial charge in [-0.05, 0) is 32.8 Å². The maximum absolute atomic E-state index is 12.3. The van der Waals surface area contributed by atoms with E-state index in [0.29, 0.717) is 12.4 Å². The zero-order valence-corrected chi connectivity index (χ0v) is 14.0. The van der Waals surface area contributed by atoms with Gasteiger partial charge in [-0.2, -0.15) is 5.10 Å². The van der Waals surface area contributed by atoms with Crippen LogP contribution in [0.25, 0.3) is 0 Å². The Morgan fingerprint density at radius 3 is 3.00 bits per heavy atom. The van der Waals surface area contributed by atoms with Crippen LogP contribution in [0.5, 0.6) is 0 Å². The predicted molar refractivity (Wildman–Crippen MR) is 89.9 cm³/mol. The Morgan fingerprint density at radius 2 is 2.29 bits per heavy atom. The second-order valence-electron chi connectivity index (χ2n) is 6.18. The van der Waals surface area contributed by atoms with Crippen LogP contribution in [0.2, 0.25) is 0 Å². The third-order valence-electron chi connectivity index (χ3n) is 4.17. The molecule has 1 saturated heterocycles. The van der Waals surface area contributed by atoms with E-state index in [9.17, 15) is 9.59 Å². The van der Waals surface area contributed by atoms with E-state index in [1.807, 2.05) is 24.8 Å². The predicted octanol–water partition coefficient (Wildman–Crippen LogP) is 0.368. The van der Waals surface area contributed by atoms with Gasteiger partial charge >= 0.3 is 0 Å². The van der Waals surface area contributed by atoms with Gasteiger partial charge < -0.3 is 15.2 Å². The lowest BCUT2D eigenvalue weighted by Gasteiger charge is -2.33. The van der Waals surface area contributed by atoms with Crippen molar-refractivity contribution < 1.29 is 4.79 Å². The van der Waals surface area contributed by atoms with Crippen LogP contribution in [0.1, 0.15) is 24.2 Å². The van der Waals surface area contributed by atoms with E-state index in [1.54, 1.807) is 10.9 Å². The number of aromatic nitrogens is 4. The molecule has 0 radical (unpaired) electrons. The molecule has 1 amide bonds. The number of aromatic amines is 1. The lowest BCUT2D eigenvalue weighted by molar-refractivity contribution is -0.122. The van der Waals surface area contributed by atoms with Crippen molar-refractivity contribution in [1.82, 2.24) is 25.1 Å². The molecule has 2 aromatic heterocycles. The summed E-state index contributed by atoms with van der Waals surface area (Å²) in [5.74, 6) is 0.345. The Kier molecular flexibility index (Phi) is 4.64. The van der Waals surface area contributed by atoms with Crippen molar-refractivity contribution in [2.45, 2.75) is 39.3 Å². The number of amides is 1. The van der Waals surface area contributed by atoms with Crippen LogP contribution in [-0.2, 0) is 11.3 Å². The van der Waals surface area contributed by atoms with Gasteiger partial charge in [0.1, 0.15) is 6.54 Å². The lowest BCUT2D eigenvalue weighted by Crippen LogP contribution is -2.50. The van der Waals surface area contributed by atoms with Crippen LogP contribution in [0.15, 0.2) is 23.3 Å². The minimum atomic E-state index is -0.202. The topological polar surface area (TPSA) is 95.9 Å². The number of hydrogen-bond donors (Lipinski definition) is 2. The monoisotopic (exact) mass is 330 g/mol. The fourth-order valence-corrected chi connectivity index (χ4v) is 3.10. The highest BCUT2D eigenvalue weighted by atomic mass is 16.2. The van der Waals surface area contributed by atoms with Gasteiger partial charge in [-0.15, -0.1) is 0 Å². The maximum atomic E-state index is 12.3. The first-order valence-electron chi connectivity index (χ1n) is 8.12. The number of aryl methyl sites for hydroxylation is 2. The average Bonchev–Trinajstić information content (AvgIpc) is 2.85. The number of nitrogens with one attached hydrogen (secondary N) is 2. The van der Waals surface area contributed by atoms with E-state index >= 15 is 0 Å². The Labute approximate surface area is 139 Å². The molecule has 0 spiro atoms. The molecule has 0 saturated carbocycles. The molecular formula is C16H22N6O2. The Hall–Kier alpha value is -2.64. The highest BCUT2D eigenvalue weighted by molar-refractivity contribution is 5.76. The molecule has 3 heterocycles. The molecule has 2 aromatic rings. The zero-order chi connectivity index (χ0) is 17.1. The third kappa shape index (κ3) is 3.64. The number of carbonyl (C=O) groups excluding carboxylic acids is 1. The second-order valence-corrected chi connectivity index (χ2v) is 6.18. The number of carbonyl (C=O) groups is 1. The van der Waals surface area contributed by atoms with Gasteiger partial charge in [-0.25, -0.2) is 4.98 Å². The zero-order valence-electron chi connectivity index (χ0n) is 14.0. The molecule has 2 N–H and O–H groups in total. The first-order valence-corrected chi connectivity index (χ1v) is 8.12. The van der Waals surface area contributed by atoms with Gasteiger partial charge in [0, 0.05) is 37.2 Å². The van der Waals surface area contributed by atoms with E-state index in [4.69, 9.17) is 0 Å². The summed E-state index contributed by atoms with van der Waals surface area (Å²) in [4.78, 5) is 32.9. The summed E-state index contributed by atoms with van der Waals surface area (Å²) in [5, 5.41) is 7.35. The molecule has 8 heteroatoms. The van der Waals surface area contributed by atoms with E-state index in [1.165, 1.54) is 6.20 Å². The lowest BCUT2D eigenvalue weighted by atomic mass is 10.1. The second kappa shape index (κ2) is 6.86. The van der Waals surface area contributed by atoms with Crippen molar-refractivity contribution in [2.24, 2.45) is 0 Å². The molecule has 0 unspecified atom stereocenters. The van der Waals surface area contributed by atoms with Crippen LogP contribution in [-0.4, -0.2) is 44.8 Å². The highest BCUT2D eigenvalue weighted by Crippen LogP contribution is 2.14. The summed E-state index contributed by atoms with van der Waals surface area (Å²) in [5.41, 5.74) is 1.67. The SMILES string of the molecule is Cc1cc(C)n(CC(=O)N[C@H]2CCCN(c3ncc[nH]c3=O)C2)n1. The normalized spacial score (nSPS) is 17.8. The van der Waals surface area contributed by atoms with Crippen LogP contribution in [0, 0.1) is 13.8 Å². The number of piperidine rings is 1. The van der Waals surface area contributed by atoms with Gasteiger partial charge in [0.25, 0.3) is 5.56 Å². The molecule has 8 nitrogen and oxygen atoms in total. The molecule has 128 valence electrons. The van der Waals surface area contributed by atoms with Crippen LogP contribution in [0.4, 0.5) is 5.82 Å². The van der Waals surface area contributed by atoms with Gasteiger partial charge in [-0.3, -0.25) is 14.3 Å². The van der Waals surface area contributed by atoms with Crippen molar-refractivity contribution in [3.8, 4) is 0 Å². The Morgan fingerprint density at radius 1 is 1.46 bits per heavy atom. The van der Waals surface area contributed by atoms with Crippen LogP contribution >= 0.6 is 0 Å². The average molecular weight is 330 g/mol. The van der Waals surface area contributed by atoms with E-state index in [2.05, 4.69) is 20.4 Å². The van der Waals surface area contributed by atoms with Crippen molar-refractivity contribution in [2.75, 3.05) is 18.0 Å². The fraction of sp³-hybridized carbons (Fsp3) is 0.500. The number of H-pyrrole nitrogens is 1. The molecule has 0 bridgehead atoms. The van der Waals surface area contributed by atoms with Crippen molar-refractivity contribution >= 4 is 11.7 Å². The summed E-state index contributed by atoms with van der Waals surface area (Å²) in [6, 6.07) is 1.95. The molecule has 0 aliphatic carbocycles. The van der Waals surface area contributed by atoms with Crippen LogP contribution in [0.3, 0.4) is 0 Å². The van der Waals surface area contributed by atoms with E-state index in [0.717, 1.165) is 30.8 Å². The molecular weight excluding hydrogens is 308 g/mol. The minimum Gasteiger partial charge on any atom is -0.350 e. The van der Waals surface area contributed by atoms with Crippen molar-refractivity contribution in [3.63, 3.8) is 0 Å². The van der Waals surface area contributed by atoms with Crippen molar-refractivity contribution in [3.05, 3.63) is 40.2 Å². The van der Waals surface area contributed by atoms with Gasteiger partial charge in [0.05, 0.1) is 5.69 Å². The summed E-state index contributed by atoms with van der Waals surface area (Å²) >= 11 is 0. The molecule has 1 aliphatic heterocycles. The summed E-state index contributed by atoms with van der Waals surface area (Å²) < 4.78 is 1.70. The molecule has 1 fully saturated rings. The summed E-state index contributed by atoms with van der Waals surface area (Å²) in [6.45, 7) is 5.40. The summed E-state index contributed by atoms with van der Waals surface area (Å²) in [6.07, 6.45) is 4.89. The molecule has 1 aliphatic rings. The standard InChI is InChI=1S/C16H22N6O2/c1-11-8-12(2)22(20-11)10-14(23)19-13-4-3-7-21(9-13)15-16(24)18-6-5-17-15/h5-6,8,13H,3-4,7,9-10H2,1-2H3,(H,18,24)(H,19,23)/t13-/m0/s1. The number of hydrogen-bond acceptors (Lipinski definition) is 5. The third-order valence-corrected chi connectivity index (χ3v) is 4.17. The molecule has 0 aromatic carbocycles. The smallest absolute Gasteiger partial charge is 0.290 e. The van der Waals surface area contributed by atoms with Crippen LogP contribution < -0.4 is 15.8 Å². The largest absolute Gasteiger partial charge is 0.350 e. The van der Waals surface area contributed by atoms with Gasteiger partial charge in [0.15, 0.2) is 5.82 Å². The quantitative estimate of drug-likeness (QED) is 0.844. The van der Waals surface area contributed by atoms with Gasteiger partial charge in [-0.1, -0.05) is 0 Å². The molecule has 1 atom stereocenters. The van der Waals surface area contributed by atoms with E-state index in [-0.39, 0.29) is 24.1 Å². The van der Waals surface area contributed by atoms with Crippen molar-refractivity contribution in [1.29, 1.82) is 0 Å². The Bertz CT molecular complexity index is 781. The number of nitrogens with zero attached hydrogens (tertiary/aromatic N) is 4. The fourth-order valence-electron chi connectivity index (χ4n) is 3.10. The highest BCUT2D eigenvalue weighted by Gasteiger charge is 2.24.